The SMILES string of the molecule is CCCCCCCCn1ncc(NCC)cc1=O. The van der Waals surface area contributed by atoms with Gasteiger partial charge in [-0.3, -0.25) is 4.79 Å². The zero-order valence-corrected chi connectivity index (χ0v) is 11.6. The van der Waals surface area contributed by atoms with Crippen LogP contribution in [0.5, 0.6) is 0 Å². The molecular formula is C14H25N3O. The van der Waals surface area contributed by atoms with E-state index in [1.165, 1.54) is 32.1 Å². The van der Waals surface area contributed by atoms with Crippen molar-refractivity contribution in [3.05, 3.63) is 22.6 Å². The fraction of sp³-hybridized carbons (Fsp3) is 0.714. The molecule has 1 heterocycles. The standard InChI is InChI=1S/C14H25N3O/c1-3-5-6-7-8-9-10-17-14(18)11-13(12-16-17)15-4-2/h11-12,15H,3-10H2,1-2H3. The normalized spacial score (nSPS) is 10.6. The van der Waals surface area contributed by atoms with Crippen LogP contribution < -0.4 is 10.9 Å². The summed E-state index contributed by atoms with van der Waals surface area (Å²) in [7, 11) is 0. The second kappa shape index (κ2) is 8.72. The average Bonchev–Trinajstić information content (AvgIpc) is 2.36. The van der Waals surface area contributed by atoms with Crippen molar-refractivity contribution in [2.24, 2.45) is 0 Å². The second-order valence-corrected chi connectivity index (χ2v) is 4.60. The van der Waals surface area contributed by atoms with Crippen molar-refractivity contribution in [2.75, 3.05) is 11.9 Å². The van der Waals surface area contributed by atoms with E-state index in [1.807, 2.05) is 6.92 Å². The van der Waals surface area contributed by atoms with Crippen molar-refractivity contribution in [1.29, 1.82) is 0 Å². The molecule has 18 heavy (non-hydrogen) atoms. The molecule has 0 aliphatic heterocycles. The van der Waals surface area contributed by atoms with Gasteiger partial charge in [0, 0.05) is 19.2 Å². The third-order valence-electron chi connectivity index (χ3n) is 2.97. The van der Waals surface area contributed by atoms with Gasteiger partial charge in [-0.2, -0.15) is 5.10 Å². The minimum Gasteiger partial charge on any atom is -0.384 e. The third-order valence-corrected chi connectivity index (χ3v) is 2.97. The Kier molecular flexibility index (Phi) is 7.14. The molecule has 0 amide bonds. The Hall–Kier alpha value is -1.32. The van der Waals surface area contributed by atoms with E-state index >= 15 is 0 Å². The third kappa shape index (κ3) is 5.34. The summed E-state index contributed by atoms with van der Waals surface area (Å²) in [5.41, 5.74) is 0.795. The van der Waals surface area contributed by atoms with Gasteiger partial charge in [-0.05, 0) is 13.3 Å². The number of nitrogens with one attached hydrogen (secondary N) is 1. The molecule has 4 heteroatoms. The molecular weight excluding hydrogens is 226 g/mol. The molecule has 102 valence electrons. The Morgan fingerprint density at radius 2 is 1.89 bits per heavy atom. The number of nitrogens with zero attached hydrogens (tertiary/aromatic N) is 2. The van der Waals surface area contributed by atoms with Gasteiger partial charge in [0.25, 0.3) is 5.56 Å². The summed E-state index contributed by atoms with van der Waals surface area (Å²) in [6.45, 7) is 5.76. The number of aryl methyl sites for hydroxylation is 1. The Balaban J connectivity index is 2.32. The van der Waals surface area contributed by atoms with Gasteiger partial charge in [0.05, 0.1) is 11.9 Å². The van der Waals surface area contributed by atoms with Crippen molar-refractivity contribution in [1.82, 2.24) is 9.78 Å². The first-order valence-corrected chi connectivity index (χ1v) is 7.09. The number of anilines is 1. The second-order valence-electron chi connectivity index (χ2n) is 4.60. The van der Waals surface area contributed by atoms with Crippen molar-refractivity contribution in [3.63, 3.8) is 0 Å². The number of hydrogen-bond acceptors (Lipinski definition) is 3. The van der Waals surface area contributed by atoms with Gasteiger partial charge in [0.15, 0.2) is 0 Å². The van der Waals surface area contributed by atoms with Gasteiger partial charge < -0.3 is 5.32 Å². The van der Waals surface area contributed by atoms with Crippen molar-refractivity contribution >= 4 is 5.69 Å². The van der Waals surface area contributed by atoms with Crippen LogP contribution in [0.4, 0.5) is 5.69 Å². The molecule has 1 aromatic heterocycles. The van der Waals surface area contributed by atoms with Gasteiger partial charge >= 0.3 is 0 Å². The fourth-order valence-corrected chi connectivity index (χ4v) is 1.94. The molecule has 0 fully saturated rings. The van der Waals surface area contributed by atoms with Crippen LogP contribution in [0.2, 0.25) is 0 Å². The lowest BCUT2D eigenvalue weighted by atomic mass is 10.1. The highest BCUT2D eigenvalue weighted by atomic mass is 16.1. The van der Waals surface area contributed by atoms with Gasteiger partial charge in [-0.1, -0.05) is 39.0 Å². The number of aromatic nitrogens is 2. The molecule has 0 aliphatic rings. The molecule has 0 bridgehead atoms. The lowest BCUT2D eigenvalue weighted by Crippen LogP contribution is -2.22. The molecule has 0 atom stereocenters. The Bertz CT molecular complexity index is 387. The van der Waals surface area contributed by atoms with Crippen LogP contribution in [-0.2, 0) is 6.54 Å². The van der Waals surface area contributed by atoms with E-state index in [9.17, 15) is 4.79 Å². The van der Waals surface area contributed by atoms with Crippen LogP contribution in [0.15, 0.2) is 17.1 Å². The minimum atomic E-state index is -0.0120. The van der Waals surface area contributed by atoms with E-state index in [0.717, 1.165) is 25.2 Å². The first-order chi connectivity index (χ1) is 8.77. The van der Waals surface area contributed by atoms with E-state index in [0.29, 0.717) is 0 Å². The Morgan fingerprint density at radius 3 is 2.56 bits per heavy atom. The summed E-state index contributed by atoms with van der Waals surface area (Å²) in [6, 6.07) is 1.62. The maximum Gasteiger partial charge on any atom is 0.268 e. The smallest absolute Gasteiger partial charge is 0.268 e. The van der Waals surface area contributed by atoms with Crippen LogP contribution >= 0.6 is 0 Å². The highest BCUT2D eigenvalue weighted by Crippen LogP contribution is 2.05. The first kappa shape index (κ1) is 14.7. The summed E-state index contributed by atoms with van der Waals surface area (Å²) >= 11 is 0. The summed E-state index contributed by atoms with van der Waals surface area (Å²) in [5.74, 6) is 0. The number of rotatable bonds is 9. The molecule has 0 saturated heterocycles. The van der Waals surface area contributed by atoms with Crippen molar-refractivity contribution in [2.45, 2.75) is 58.9 Å². The molecule has 1 aromatic rings. The van der Waals surface area contributed by atoms with E-state index in [4.69, 9.17) is 0 Å². The molecule has 0 unspecified atom stereocenters. The average molecular weight is 251 g/mol. The lowest BCUT2D eigenvalue weighted by Gasteiger charge is -2.06. The highest BCUT2D eigenvalue weighted by Gasteiger charge is 1.99. The minimum absolute atomic E-state index is 0.0120. The van der Waals surface area contributed by atoms with Gasteiger partial charge in [-0.25, -0.2) is 4.68 Å². The van der Waals surface area contributed by atoms with Crippen LogP contribution in [0.3, 0.4) is 0 Å². The molecule has 1 rings (SSSR count). The van der Waals surface area contributed by atoms with Gasteiger partial charge in [-0.15, -0.1) is 0 Å². The lowest BCUT2D eigenvalue weighted by molar-refractivity contribution is 0.509. The van der Waals surface area contributed by atoms with Crippen molar-refractivity contribution in [3.8, 4) is 0 Å². The van der Waals surface area contributed by atoms with E-state index in [-0.39, 0.29) is 5.56 Å². The number of hydrogen-bond donors (Lipinski definition) is 1. The first-order valence-electron chi connectivity index (χ1n) is 7.09. The monoisotopic (exact) mass is 251 g/mol. The Labute approximate surface area is 109 Å². The molecule has 0 aliphatic carbocycles. The summed E-state index contributed by atoms with van der Waals surface area (Å²) < 4.78 is 1.56. The molecule has 0 radical (unpaired) electrons. The molecule has 0 saturated carbocycles. The van der Waals surface area contributed by atoms with Crippen molar-refractivity contribution < 1.29 is 0 Å². The van der Waals surface area contributed by atoms with Crippen LogP contribution in [-0.4, -0.2) is 16.3 Å². The topological polar surface area (TPSA) is 46.9 Å². The molecule has 4 nitrogen and oxygen atoms in total. The molecule has 0 spiro atoms. The quantitative estimate of drug-likeness (QED) is 0.686. The Morgan fingerprint density at radius 1 is 1.17 bits per heavy atom. The summed E-state index contributed by atoms with van der Waals surface area (Å²) in [6.07, 6.45) is 9.10. The maximum absolute atomic E-state index is 11.7. The summed E-state index contributed by atoms with van der Waals surface area (Å²) in [5, 5.41) is 7.26. The highest BCUT2D eigenvalue weighted by molar-refractivity contribution is 5.38. The number of unbranched alkanes of at least 4 members (excludes halogenated alkanes) is 5. The van der Waals surface area contributed by atoms with E-state index in [2.05, 4.69) is 17.3 Å². The van der Waals surface area contributed by atoms with Crippen LogP contribution in [0, 0.1) is 0 Å². The van der Waals surface area contributed by atoms with Crippen LogP contribution in [0.25, 0.3) is 0 Å². The summed E-state index contributed by atoms with van der Waals surface area (Å²) in [4.78, 5) is 11.7. The van der Waals surface area contributed by atoms with E-state index < -0.39 is 0 Å². The molecule has 0 aromatic carbocycles. The van der Waals surface area contributed by atoms with Gasteiger partial charge in [0.1, 0.15) is 0 Å². The zero-order valence-electron chi connectivity index (χ0n) is 11.6. The molecule has 1 N–H and O–H groups in total. The van der Waals surface area contributed by atoms with Gasteiger partial charge in [0.2, 0.25) is 0 Å². The maximum atomic E-state index is 11.7. The predicted octanol–water partition coefficient (Wildman–Crippen LogP) is 3.04. The fourth-order valence-electron chi connectivity index (χ4n) is 1.94. The largest absolute Gasteiger partial charge is 0.384 e. The predicted molar refractivity (Wildman–Crippen MR) is 76.0 cm³/mol. The van der Waals surface area contributed by atoms with E-state index in [1.54, 1.807) is 16.9 Å². The van der Waals surface area contributed by atoms with Crippen LogP contribution in [0.1, 0.15) is 52.4 Å². The zero-order chi connectivity index (χ0) is 13.2.